The summed E-state index contributed by atoms with van der Waals surface area (Å²) >= 11 is 0. The summed E-state index contributed by atoms with van der Waals surface area (Å²) < 4.78 is 24.2. The fourth-order valence-corrected chi connectivity index (χ4v) is 4.78. The second kappa shape index (κ2) is 10.5. The molecule has 1 aromatic heterocycles. The van der Waals surface area contributed by atoms with Crippen LogP contribution in [0.5, 0.6) is 17.2 Å². The number of esters is 1. The van der Waals surface area contributed by atoms with Gasteiger partial charge in [-0.2, -0.15) is 0 Å². The lowest BCUT2D eigenvalue weighted by Gasteiger charge is -2.38. The Hall–Kier alpha value is -3.75. The molecule has 0 saturated heterocycles. The van der Waals surface area contributed by atoms with Crippen molar-refractivity contribution in [2.45, 2.75) is 33.2 Å². The molecule has 0 spiro atoms. The molecule has 1 aliphatic heterocycles. The van der Waals surface area contributed by atoms with Crippen LogP contribution in [0.15, 0.2) is 36.4 Å². The van der Waals surface area contributed by atoms with Gasteiger partial charge in [0.2, 0.25) is 17.6 Å². The van der Waals surface area contributed by atoms with Gasteiger partial charge in [-0.25, -0.2) is 4.98 Å². The van der Waals surface area contributed by atoms with Crippen LogP contribution in [-0.4, -0.2) is 55.9 Å². The molecule has 2 aromatic carbocycles. The van der Waals surface area contributed by atoms with Gasteiger partial charge in [-0.15, -0.1) is 0 Å². The number of fused-ring (bicyclic) bond motifs is 3. The fraction of sp³-hybridized carbons (Fsp3) is 0.444. The third kappa shape index (κ3) is 4.23. The number of anilines is 1. The average Bonchev–Trinajstić information content (AvgIpc) is 3.25. The standard InChI is InChI=1S/C27H33N3O6/c1-7-36-26(32)21-22(17-12-13-20(33-4)24(35-6)23(17)34-5)30-19-11-9-8-10-18(19)28-27(30)29(25(21)31)15-14-16(2)3/h8-13,16,21-22H,7,14-15H2,1-6H3. The number of methoxy groups -OCH3 is 3. The van der Waals surface area contributed by atoms with E-state index in [2.05, 4.69) is 13.8 Å². The van der Waals surface area contributed by atoms with Crippen LogP contribution in [-0.2, 0) is 14.3 Å². The second-order valence-corrected chi connectivity index (χ2v) is 9.04. The van der Waals surface area contributed by atoms with Crippen LogP contribution < -0.4 is 19.1 Å². The molecule has 4 rings (SSSR count). The molecule has 0 fully saturated rings. The van der Waals surface area contributed by atoms with E-state index in [4.69, 9.17) is 23.9 Å². The highest BCUT2D eigenvalue weighted by molar-refractivity contribution is 6.08. The van der Waals surface area contributed by atoms with Crippen LogP contribution in [0.4, 0.5) is 5.95 Å². The zero-order chi connectivity index (χ0) is 26.0. The molecule has 0 saturated carbocycles. The molecule has 0 radical (unpaired) electrons. The molecule has 0 N–H and O–H groups in total. The first kappa shape index (κ1) is 25.3. The summed E-state index contributed by atoms with van der Waals surface area (Å²) in [7, 11) is 4.58. The zero-order valence-electron chi connectivity index (χ0n) is 21.6. The smallest absolute Gasteiger partial charge is 0.321 e. The van der Waals surface area contributed by atoms with E-state index < -0.39 is 17.9 Å². The molecule has 2 atom stereocenters. The average molecular weight is 496 g/mol. The molecule has 192 valence electrons. The van der Waals surface area contributed by atoms with Crippen LogP contribution in [0, 0.1) is 11.8 Å². The van der Waals surface area contributed by atoms with E-state index >= 15 is 0 Å². The van der Waals surface area contributed by atoms with Crippen LogP contribution in [0.2, 0.25) is 0 Å². The fourth-order valence-electron chi connectivity index (χ4n) is 4.78. The van der Waals surface area contributed by atoms with Gasteiger partial charge in [0.15, 0.2) is 17.4 Å². The zero-order valence-corrected chi connectivity index (χ0v) is 21.6. The molecule has 3 aromatic rings. The molecular weight excluding hydrogens is 462 g/mol. The molecule has 0 aliphatic carbocycles. The third-order valence-corrected chi connectivity index (χ3v) is 6.47. The Balaban J connectivity index is 2.04. The van der Waals surface area contributed by atoms with Gasteiger partial charge < -0.3 is 23.5 Å². The van der Waals surface area contributed by atoms with Crippen molar-refractivity contribution in [1.29, 1.82) is 0 Å². The molecule has 9 nitrogen and oxygen atoms in total. The van der Waals surface area contributed by atoms with Crippen LogP contribution in [0.3, 0.4) is 0 Å². The quantitative estimate of drug-likeness (QED) is 0.324. The summed E-state index contributed by atoms with van der Waals surface area (Å²) in [6.45, 7) is 6.51. The Kier molecular flexibility index (Phi) is 7.37. The largest absolute Gasteiger partial charge is 0.493 e. The number of benzene rings is 2. The molecule has 1 amide bonds. The van der Waals surface area contributed by atoms with Crippen molar-refractivity contribution >= 4 is 28.9 Å². The van der Waals surface area contributed by atoms with Gasteiger partial charge >= 0.3 is 5.97 Å². The number of aromatic nitrogens is 2. The summed E-state index contributed by atoms with van der Waals surface area (Å²) in [6.07, 6.45) is 0.759. The Bertz CT molecular complexity index is 1270. The number of ether oxygens (including phenoxy) is 4. The van der Waals surface area contributed by atoms with E-state index in [1.165, 1.54) is 21.3 Å². The maximum Gasteiger partial charge on any atom is 0.321 e. The van der Waals surface area contributed by atoms with E-state index in [0.717, 1.165) is 17.5 Å². The maximum atomic E-state index is 14.0. The van der Waals surface area contributed by atoms with Crippen molar-refractivity contribution in [2.24, 2.45) is 11.8 Å². The van der Waals surface area contributed by atoms with Crippen molar-refractivity contribution in [3.05, 3.63) is 42.0 Å². The first-order valence-corrected chi connectivity index (χ1v) is 12.1. The van der Waals surface area contributed by atoms with E-state index in [9.17, 15) is 9.59 Å². The monoisotopic (exact) mass is 495 g/mol. The van der Waals surface area contributed by atoms with Crippen LogP contribution in [0.25, 0.3) is 11.0 Å². The van der Waals surface area contributed by atoms with Gasteiger partial charge in [-0.1, -0.05) is 26.0 Å². The number of carbonyl (C=O) groups is 2. The van der Waals surface area contributed by atoms with Crippen molar-refractivity contribution in [2.75, 3.05) is 39.4 Å². The normalized spacial score (nSPS) is 17.3. The van der Waals surface area contributed by atoms with Crippen LogP contribution in [0.1, 0.15) is 38.8 Å². The number of hydrogen-bond acceptors (Lipinski definition) is 7. The molecular formula is C27H33N3O6. The molecule has 2 heterocycles. The third-order valence-electron chi connectivity index (χ3n) is 6.47. The highest BCUT2D eigenvalue weighted by Gasteiger charge is 2.49. The Morgan fingerprint density at radius 2 is 1.75 bits per heavy atom. The van der Waals surface area contributed by atoms with Gasteiger partial charge in [0.25, 0.3) is 0 Å². The number of para-hydroxylation sites is 2. The summed E-state index contributed by atoms with van der Waals surface area (Å²) in [4.78, 5) is 33.9. The van der Waals surface area contributed by atoms with Gasteiger partial charge in [0, 0.05) is 12.1 Å². The minimum absolute atomic E-state index is 0.155. The van der Waals surface area contributed by atoms with Crippen LogP contribution >= 0.6 is 0 Å². The predicted molar refractivity (Wildman–Crippen MR) is 136 cm³/mol. The molecule has 9 heteroatoms. The number of hydrogen-bond donors (Lipinski definition) is 0. The van der Waals surface area contributed by atoms with Gasteiger partial charge in [-0.05, 0) is 43.5 Å². The Labute approximate surface area is 210 Å². The minimum Gasteiger partial charge on any atom is -0.493 e. The minimum atomic E-state index is -1.14. The number of nitrogens with zero attached hydrogens (tertiary/aromatic N) is 3. The van der Waals surface area contributed by atoms with Crippen molar-refractivity contribution < 1.29 is 28.5 Å². The molecule has 0 bridgehead atoms. The lowest BCUT2D eigenvalue weighted by molar-refractivity contribution is -0.153. The Morgan fingerprint density at radius 3 is 2.39 bits per heavy atom. The summed E-state index contributed by atoms with van der Waals surface area (Å²) in [6, 6.07) is 10.4. The van der Waals surface area contributed by atoms with E-state index in [1.54, 1.807) is 24.0 Å². The first-order chi connectivity index (χ1) is 17.4. The van der Waals surface area contributed by atoms with E-state index in [0.29, 0.717) is 41.2 Å². The molecule has 1 aliphatic rings. The lowest BCUT2D eigenvalue weighted by Crippen LogP contribution is -2.50. The van der Waals surface area contributed by atoms with E-state index in [1.807, 2.05) is 28.8 Å². The predicted octanol–water partition coefficient (Wildman–Crippen LogP) is 4.22. The maximum absolute atomic E-state index is 14.0. The van der Waals surface area contributed by atoms with Gasteiger partial charge in [0.05, 0.1) is 45.0 Å². The van der Waals surface area contributed by atoms with Gasteiger partial charge in [-0.3, -0.25) is 14.5 Å². The summed E-state index contributed by atoms with van der Waals surface area (Å²) in [5.41, 5.74) is 2.11. The number of imidazole rings is 1. The molecule has 2 unspecified atom stereocenters. The van der Waals surface area contributed by atoms with Crippen molar-refractivity contribution in [3.8, 4) is 17.2 Å². The van der Waals surface area contributed by atoms with Crippen molar-refractivity contribution in [3.63, 3.8) is 0 Å². The first-order valence-electron chi connectivity index (χ1n) is 12.1. The number of amides is 1. The Morgan fingerprint density at radius 1 is 1.03 bits per heavy atom. The topological polar surface area (TPSA) is 92.1 Å². The van der Waals surface area contributed by atoms with Gasteiger partial charge in [0.1, 0.15) is 0 Å². The van der Waals surface area contributed by atoms with Crippen molar-refractivity contribution in [1.82, 2.24) is 9.55 Å². The summed E-state index contributed by atoms with van der Waals surface area (Å²) in [5.74, 6) is -0.00822. The number of rotatable bonds is 9. The SMILES string of the molecule is CCOC(=O)C1C(=O)N(CCC(C)C)c2nc3ccccc3n2C1c1ccc(OC)c(OC)c1OC. The lowest BCUT2D eigenvalue weighted by atomic mass is 9.88. The highest BCUT2D eigenvalue weighted by atomic mass is 16.5. The molecule has 36 heavy (non-hydrogen) atoms. The number of carbonyl (C=O) groups excluding carboxylic acids is 2. The highest BCUT2D eigenvalue weighted by Crippen LogP contribution is 2.49. The second-order valence-electron chi connectivity index (χ2n) is 9.04. The summed E-state index contributed by atoms with van der Waals surface area (Å²) in [5, 5.41) is 0. The van der Waals surface area contributed by atoms with E-state index in [-0.39, 0.29) is 12.5 Å².